The smallest absolute Gasteiger partial charge is 0.417 e. The summed E-state index contributed by atoms with van der Waals surface area (Å²) in [5, 5.41) is 8.80. The van der Waals surface area contributed by atoms with Crippen LogP contribution < -0.4 is 5.76 Å². The fourth-order valence-corrected chi connectivity index (χ4v) is 2.46. The maximum Gasteiger partial charge on any atom is 0.417 e. The van der Waals surface area contributed by atoms with Gasteiger partial charge in [0.25, 0.3) is 0 Å². The lowest BCUT2D eigenvalue weighted by Gasteiger charge is -2.42. The Morgan fingerprint density at radius 3 is 2.89 bits per heavy atom. The number of H-pyrrole nitrogens is 1. The Labute approximate surface area is 108 Å². The lowest BCUT2D eigenvalue weighted by atomic mass is 9.82. The number of benzene rings is 1. The van der Waals surface area contributed by atoms with Gasteiger partial charge >= 0.3 is 11.7 Å². The quantitative estimate of drug-likeness (QED) is 0.874. The highest BCUT2D eigenvalue weighted by molar-refractivity contribution is 5.73. The van der Waals surface area contributed by atoms with Gasteiger partial charge < -0.3 is 14.3 Å². The molecule has 0 saturated carbocycles. The van der Waals surface area contributed by atoms with E-state index in [1.165, 1.54) is 0 Å². The molecular weight excluding hydrogens is 250 g/mol. The molecule has 1 aliphatic rings. The lowest BCUT2D eigenvalue weighted by molar-refractivity contribution is -0.165. The molecule has 0 aliphatic carbocycles. The number of carboxylic acids is 1. The maximum atomic E-state index is 11.1. The van der Waals surface area contributed by atoms with Gasteiger partial charge in [-0.2, -0.15) is 0 Å². The van der Waals surface area contributed by atoms with E-state index >= 15 is 0 Å². The van der Waals surface area contributed by atoms with E-state index in [0.29, 0.717) is 24.1 Å². The van der Waals surface area contributed by atoms with Crippen LogP contribution in [0.4, 0.5) is 0 Å². The summed E-state index contributed by atoms with van der Waals surface area (Å²) in [5.41, 5.74) is 1.43. The molecule has 1 aromatic heterocycles. The lowest BCUT2D eigenvalue weighted by Crippen LogP contribution is -2.41. The Balaban J connectivity index is 1.96. The molecule has 2 aromatic rings. The summed E-state index contributed by atoms with van der Waals surface area (Å²) in [6, 6.07) is 5.31. The molecular formula is C13H13NO5. The predicted octanol–water partition coefficient (Wildman–Crippen LogP) is 1.60. The van der Waals surface area contributed by atoms with Crippen LogP contribution in [-0.2, 0) is 15.1 Å². The first-order chi connectivity index (χ1) is 9.09. The van der Waals surface area contributed by atoms with Crippen LogP contribution in [0.25, 0.3) is 11.1 Å². The molecule has 6 nitrogen and oxygen atoms in total. The third-order valence-electron chi connectivity index (χ3n) is 3.57. The van der Waals surface area contributed by atoms with Crippen molar-refractivity contribution in [1.82, 2.24) is 4.98 Å². The van der Waals surface area contributed by atoms with Crippen LogP contribution in [-0.4, -0.2) is 22.7 Å². The van der Waals surface area contributed by atoms with Gasteiger partial charge in [0.2, 0.25) is 0 Å². The number of aromatic amines is 1. The van der Waals surface area contributed by atoms with Gasteiger partial charge in [-0.1, -0.05) is 6.07 Å². The van der Waals surface area contributed by atoms with Gasteiger partial charge in [0, 0.05) is 12.8 Å². The first-order valence-electron chi connectivity index (χ1n) is 6.08. The Hall–Kier alpha value is -2.08. The number of hydrogen-bond acceptors (Lipinski definition) is 4. The summed E-state index contributed by atoms with van der Waals surface area (Å²) in [7, 11) is 0. The minimum atomic E-state index is -0.840. The minimum Gasteiger partial charge on any atom is -0.481 e. The van der Waals surface area contributed by atoms with Gasteiger partial charge in [-0.05, 0) is 24.1 Å². The van der Waals surface area contributed by atoms with E-state index < -0.39 is 17.3 Å². The van der Waals surface area contributed by atoms with Crippen LogP contribution in [0, 0.1) is 0 Å². The normalized spacial score (nSPS) is 22.3. The zero-order valence-electron chi connectivity index (χ0n) is 10.1. The van der Waals surface area contributed by atoms with Crippen LogP contribution in [0.5, 0.6) is 0 Å². The highest BCUT2D eigenvalue weighted by Crippen LogP contribution is 2.42. The van der Waals surface area contributed by atoms with Crippen LogP contribution in [0.3, 0.4) is 0 Å². The third kappa shape index (κ3) is 2.04. The zero-order valence-corrected chi connectivity index (χ0v) is 10.1. The number of hydrogen-bond donors (Lipinski definition) is 2. The first kappa shape index (κ1) is 12.0. The number of oxazole rings is 1. The topological polar surface area (TPSA) is 92.5 Å². The Bertz CT molecular complexity index is 680. The van der Waals surface area contributed by atoms with Crippen molar-refractivity contribution in [3.63, 3.8) is 0 Å². The highest BCUT2D eigenvalue weighted by atomic mass is 16.5. The van der Waals surface area contributed by atoms with E-state index in [1.807, 2.05) is 6.07 Å². The second-order valence-corrected chi connectivity index (χ2v) is 4.71. The molecule has 100 valence electrons. The molecule has 1 aromatic carbocycles. The van der Waals surface area contributed by atoms with E-state index in [-0.39, 0.29) is 6.42 Å². The molecule has 1 saturated heterocycles. The van der Waals surface area contributed by atoms with Crippen LogP contribution in [0.15, 0.2) is 27.4 Å². The molecule has 0 spiro atoms. The van der Waals surface area contributed by atoms with Crippen molar-refractivity contribution in [2.24, 2.45) is 0 Å². The molecule has 2 N–H and O–H groups in total. The number of rotatable bonds is 4. The molecule has 0 amide bonds. The Morgan fingerprint density at radius 2 is 2.26 bits per heavy atom. The van der Waals surface area contributed by atoms with E-state index in [9.17, 15) is 9.59 Å². The number of ether oxygens (including phenoxy) is 1. The number of aliphatic carboxylic acids is 1. The van der Waals surface area contributed by atoms with Crippen molar-refractivity contribution >= 4 is 17.1 Å². The second kappa shape index (κ2) is 4.24. The maximum absolute atomic E-state index is 11.1. The summed E-state index contributed by atoms with van der Waals surface area (Å²) < 4.78 is 10.6. The molecule has 0 radical (unpaired) electrons. The highest BCUT2D eigenvalue weighted by Gasteiger charge is 2.40. The van der Waals surface area contributed by atoms with Crippen molar-refractivity contribution in [2.75, 3.05) is 6.61 Å². The molecule has 0 bridgehead atoms. The van der Waals surface area contributed by atoms with Gasteiger partial charge in [-0.25, -0.2) is 4.79 Å². The number of aromatic nitrogens is 1. The molecule has 3 rings (SSSR count). The monoisotopic (exact) mass is 263 g/mol. The molecule has 6 heteroatoms. The van der Waals surface area contributed by atoms with E-state index in [2.05, 4.69) is 4.98 Å². The summed E-state index contributed by atoms with van der Waals surface area (Å²) in [6.45, 7) is 0.625. The fourth-order valence-electron chi connectivity index (χ4n) is 2.46. The largest absolute Gasteiger partial charge is 0.481 e. The van der Waals surface area contributed by atoms with Gasteiger partial charge in [0.05, 0.1) is 17.7 Å². The van der Waals surface area contributed by atoms with Gasteiger partial charge in [0.15, 0.2) is 5.58 Å². The molecule has 1 atom stereocenters. The van der Waals surface area contributed by atoms with Crippen molar-refractivity contribution < 1.29 is 19.1 Å². The second-order valence-electron chi connectivity index (χ2n) is 4.71. The minimum absolute atomic E-state index is 0.0555. The standard InChI is InChI=1S/C13H13NO5/c15-11(16)3-4-13(5-6-18-13)8-1-2-10-9(7-8)14-12(17)19-10/h1-2,7H,3-6H2,(H,14,17)(H,15,16). The first-order valence-corrected chi connectivity index (χ1v) is 6.08. The number of carboxylic acid groups (broad SMARTS) is 1. The summed E-state index contributed by atoms with van der Waals surface area (Å²) in [6.07, 6.45) is 1.27. The van der Waals surface area contributed by atoms with Crippen LogP contribution in [0.1, 0.15) is 24.8 Å². The SMILES string of the molecule is O=C(O)CCC1(c2ccc3oc(=O)[nH]c3c2)CCO1. The van der Waals surface area contributed by atoms with E-state index in [1.54, 1.807) is 12.1 Å². The Morgan fingerprint density at radius 1 is 1.47 bits per heavy atom. The van der Waals surface area contributed by atoms with E-state index in [0.717, 1.165) is 12.0 Å². The van der Waals surface area contributed by atoms with Crippen LogP contribution >= 0.6 is 0 Å². The summed E-state index contributed by atoms with van der Waals surface area (Å²) in [5.74, 6) is -1.34. The predicted molar refractivity (Wildman–Crippen MR) is 66.0 cm³/mol. The molecule has 1 unspecified atom stereocenters. The van der Waals surface area contributed by atoms with Crippen molar-refractivity contribution in [3.05, 3.63) is 34.3 Å². The summed E-state index contributed by atoms with van der Waals surface area (Å²) in [4.78, 5) is 24.4. The number of carbonyl (C=O) groups is 1. The Kier molecular flexibility index (Phi) is 2.67. The summed E-state index contributed by atoms with van der Waals surface area (Å²) >= 11 is 0. The molecule has 2 heterocycles. The van der Waals surface area contributed by atoms with Gasteiger partial charge in [-0.3, -0.25) is 9.78 Å². The average molecular weight is 263 g/mol. The average Bonchev–Trinajstić information content (AvgIpc) is 2.66. The van der Waals surface area contributed by atoms with E-state index in [4.69, 9.17) is 14.3 Å². The number of nitrogens with one attached hydrogen (secondary N) is 1. The van der Waals surface area contributed by atoms with Crippen molar-refractivity contribution in [3.8, 4) is 0 Å². The molecule has 19 heavy (non-hydrogen) atoms. The van der Waals surface area contributed by atoms with Crippen molar-refractivity contribution in [1.29, 1.82) is 0 Å². The third-order valence-corrected chi connectivity index (χ3v) is 3.57. The molecule has 1 fully saturated rings. The van der Waals surface area contributed by atoms with Crippen molar-refractivity contribution in [2.45, 2.75) is 24.9 Å². The molecule has 1 aliphatic heterocycles. The zero-order chi connectivity index (χ0) is 13.5. The van der Waals surface area contributed by atoms with Crippen LogP contribution in [0.2, 0.25) is 0 Å². The fraction of sp³-hybridized carbons (Fsp3) is 0.385. The number of fused-ring (bicyclic) bond motifs is 1. The van der Waals surface area contributed by atoms with Gasteiger partial charge in [0.1, 0.15) is 0 Å². The van der Waals surface area contributed by atoms with Gasteiger partial charge in [-0.15, -0.1) is 0 Å².